The number of aromatic nitrogens is 6. The van der Waals surface area contributed by atoms with E-state index in [1.807, 2.05) is 22.8 Å². The van der Waals surface area contributed by atoms with Crippen LogP contribution in [0.2, 0.25) is 0 Å². The largest absolute Gasteiger partial charge is 0.352 e. The van der Waals surface area contributed by atoms with Gasteiger partial charge in [-0.25, -0.2) is 0 Å². The summed E-state index contributed by atoms with van der Waals surface area (Å²) in [6.07, 6.45) is 7.26. The number of nitrogens with zero attached hydrogens (tertiary/aromatic N) is 8. The Morgan fingerprint density at radius 3 is 2.73 bits per heavy atom. The normalized spacial score (nSPS) is 18.3. The molecular weight excluding hydrogens is 328 g/mol. The van der Waals surface area contributed by atoms with Crippen molar-refractivity contribution in [3.8, 4) is 0 Å². The van der Waals surface area contributed by atoms with Crippen LogP contribution in [0, 0.1) is 0 Å². The fourth-order valence-electron chi connectivity index (χ4n) is 3.64. The van der Waals surface area contributed by atoms with Gasteiger partial charge in [-0.2, -0.15) is 14.7 Å². The van der Waals surface area contributed by atoms with Crippen LogP contribution < -0.4 is 4.90 Å². The third-order valence-electron chi connectivity index (χ3n) is 5.63. The van der Waals surface area contributed by atoms with E-state index in [-0.39, 0.29) is 0 Å². The van der Waals surface area contributed by atoms with Gasteiger partial charge in [-0.1, -0.05) is 6.42 Å². The van der Waals surface area contributed by atoms with Crippen LogP contribution in [0.1, 0.15) is 36.6 Å². The summed E-state index contributed by atoms with van der Waals surface area (Å²) in [4.78, 5) is 4.68. The van der Waals surface area contributed by atoms with E-state index < -0.39 is 0 Å². The molecule has 4 heterocycles. The minimum absolute atomic E-state index is 0.521. The molecule has 26 heavy (non-hydrogen) atoms. The van der Waals surface area contributed by atoms with Crippen LogP contribution in [0.4, 0.5) is 5.82 Å². The molecule has 8 heteroatoms. The van der Waals surface area contributed by atoms with Crippen LogP contribution in [0.25, 0.3) is 5.65 Å². The zero-order chi connectivity index (χ0) is 17.5. The molecule has 0 spiro atoms. The highest BCUT2D eigenvalue weighted by Gasteiger charge is 2.32. The smallest absolute Gasteiger partial charge is 0.178 e. The maximum atomic E-state index is 4.82. The molecule has 0 atom stereocenters. The standard InChI is InChI=1S/C18H22N8/c1-24(10-13-7-8-19-20-9-13)15-11-25(12-15)17-6-5-16-21-22-18(26(16)23-17)14-3-2-4-14/h5-9,14-15H,2-4,10-12H2,1H3. The Hall–Kier alpha value is -2.61. The number of hydrogen-bond donors (Lipinski definition) is 0. The molecule has 0 radical (unpaired) electrons. The molecule has 1 saturated heterocycles. The van der Waals surface area contributed by atoms with Gasteiger partial charge >= 0.3 is 0 Å². The predicted octanol–water partition coefficient (Wildman–Crippen LogP) is 1.50. The lowest BCUT2D eigenvalue weighted by Crippen LogP contribution is -2.58. The fraction of sp³-hybridized carbons (Fsp3) is 0.500. The summed E-state index contributed by atoms with van der Waals surface area (Å²) >= 11 is 0. The SMILES string of the molecule is CN(Cc1ccnnc1)C1CN(c2ccc3nnc(C4CCC4)n3n2)C1. The average Bonchev–Trinajstić information content (AvgIpc) is 2.96. The lowest BCUT2D eigenvalue weighted by Gasteiger charge is -2.44. The number of anilines is 1. The molecule has 2 aliphatic rings. The molecule has 0 bridgehead atoms. The molecule has 1 saturated carbocycles. The molecule has 1 aliphatic carbocycles. The van der Waals surface area contributed by atoms with Crippen molar-refractivity contribution in [3.05, 3.63) is 42.0 Å². The van der Waals surface area contributed by atoms with Gasteiger partial charge in [0.25, 0.3) is 0 Å². The zero-order valence-corrected chi connectivity index (χ0v) is 14.9. The van der Waals surface area contributed by atoms with Crippen LogP contribution >= 0.6 is 0 Å². The van der Waals surface area contributed by atoms with E-state index >= 15 is 0 Å². The van der Waals surface area contributed by atoms with E-state index in [9.17, 15) is 0 Å². The monoisotopic (exact) mass is 350 g/mol. The number of likely N-dealkylation sites (N-methyl/N-ethyl adjacent to an activating group) is 1. The average molecular weight is 350 g/mol. The molecule has 1 aliphatic heterocycles. The lowest BCUT2D eigenvalue weighted by atomic mass is 9.85. The summed E-state index contributed by atoms with van der Waals surface area (Å²) in [7, 11) is 2.16. The Kier molecular flexibility index (Phi) is 3.77. The molecule has 0 N–H and O–H groups in total. The number of hydrogen-bond acceptors (Lipinski definition) is 7. The van der Waals surface area contributed by atoms with Crippen LogP contribution in [0.15, 0.2) is 30.6 Å². The van der Waals surface area contributed by atoms with Gasteiger partial charge in [0.2, 0.25) is 0 Å². The van der Waals surface area contributed by atoms with Gasteiger partial charge in [-0.3, -0.25) is 4.90 Å². The molecule has 0 unspecified atom stereocenters. The Bertz CT molecular complexity index is 898. The van der Waals surface area contributed by atoms with E-state index in [1.165, 1.54) is 24.8 Å². The Morgan fingerprint density at radius 2 is 2.00 bits per heavy atom. The molecule has 0 aromatic carbocycles. The summed E-state index contributed by atoms with van der Waals surface area (Å²) < 4.78 is 1.94. The Labute approximate surface area is 151 Å². The van der Waals surface area contributed by atoms with Crippen molar-refractivity contribution in [2.75, 3.05) is 25.0 Å². The summed E-state index contributed by atoms with van der Waals surface area (Å²) in [6.45, 7) is 2.85. The van der Waals surface area contributed by atoms with Crippen molar-refractivity contribution in [3.63, 3.8) is 0 Å². The Morgan fingerprint density at radius 1 is 1.12 bits per heavy atom. The highest BCUT2D eigenvalue weighted by Crippen LogP contribution is 2.35. The highest BCUT2D eigenvalue weighted by molar-refractivity contribution is 5.48. The molecule has 0 amide bonds. The highest BCUT2D eigenvalue weighted by atomic mass is 15.4. The fourth-order valence-corrected chi connectivity index (χ4v) is 3.64. The van der Waals surface area contributed by atoms with Gasteiger partial charge in [-0.05, 0) is 43.7 Å². The van der Waals surface area contributed by atoms with E-state index in [2.05, 4.69) is 43.3 Å². The van der Waals surface area contributed by atoms with Crippen LogP contribution in [-0.2, 0) is 6.54 Å². The second-order valence-electron chi connectivity index (χ2n) is 7.37. The summed E-state index contributed by atoms with van der Waals surface area (Å²) in [5, 5.41) is 21.2. The lowest BCUT2D eigenvalue weighted by molar-refractivity contribution is 0.196. The van der Waals surface area contributed by atoms with Crippen molar-refractivity contribution in [2.45, 2.75) is 37.8 Å². The van der Waals surface area contributed by atoms with Crippen molar-refractivity contribution in [1.82, 2.24) is 34.9 Å². The molecule has 8 nitrogen and oxygen atoms in total. The number of fused-ring (bicyclic) bond motifs is 1. The second-order valence-corrected chi connectivity index (χ2v) is 7.37. The van der Waals surface area contributed by atoms with Crippen LogP contribution in [-0.4, -0.2) is 61.1 Å². The first-order valence-corrected chi connectivity index (χ1v) is 9.21. The summed E-state index contributed by atoms with van der Waals surface area (Å²) in [5.74, 6) is 2.55. The van der Waals surface area contributed by atoms with E-state index in [0.717, 1.165) is 36.9 Å². The van der Waals surface area contributed by atoms with Gasteiger partial charge in [0, 0.05) is 37.8 Å². The number of rotatable bonds is 5. The van der Waals surface area contributed by atoms with Gasteiger partial charge in [0.05, 0.1) is 6.20 Å². The maximum absolute atomic E-state index is 4.82. The predicted molar refractivity (Wildman–Crippen MR) is 96.9 cm³/mol. The van der Waals surface area contributed by atoms with Gasteiger partial charge in [-0.15, -0.1) is 15.3 Å². The van der Waals surface area contributed by atoms with E-state index in [4.69, 9.17) is 5.10 Å². The van der Waals surface area contributed by atoms with Crippen molar-refractivity contribution >= 4 is 11.5 Å². The second kappa shape index (κ2) is 6.28. The van der Waals surface area contributed by atoms with Crippen LogP contribution in [0.3, 0.4) is 0 Å². The topological polar surface area (TPSA) is 75.3 Å². The van der Waals surface area contributed by atoms with E-state index in [1.54, 1.807) is 6.20 Å². The molecular formula is C18H22N8. The van der Waals surface area contributed by atoms with Crippen molar-refractivity contribution in [1.29, 1.82) is 0 Å². The maximum Gasteiger partial charge on any atom is 0.178 e. The molecule has 2 fully saturated rings. The van der Waals surface area contributed by atoms with Gasteiger partial charge in [0.1, 0.15) is 5.82 Å². The third-order valence-corrected chi connectivity index (χ3v) is 5.63. The first-order valence-electron chi connectivity index (χ1n) is 9.21. The van der Waals surface area contributed by atoms with Crippen molar-refractivity contribution < 1.29 is 0 Å². The van der Waals surface area contributed by atoms with Crippen molar-refractivity contribution in [2.24, 2.45) is 0 Å². The molecule has 3 aromatic heterocycles. The summed E-state index contributed by atoms with van der Waals surface area (Å²) in [6, 6.07) is 6.62. The molecule has 134 valence electrons. The Balaban J connectivity index is 1.27. The van der Waals surface area contributed by atoms with Crippen LogP contribution in [0.5, 0.6) is 0 Å². The van der Waals surface area contributed by atoms with Gasteiger partial charge in [0.15, 0.2) is 11.5 Å². The minimum atomic E-state index is 0.521. The molecule has 5 rings (SSSR count). The summed E-state index contributed by atoms with van der Waals surface area (Å²) in [5.41, 5.74) is 2.03. The third kappa shape index (κ3) is 2.70. The first kappa shape index (κ1) is 15.6. The zero-order valence-electron chi connectivity index (χ0n) is 14.9. The van der Waals surface area contributed by atoms with Gasteiger partial charge < -0.3 is 4.90 Å². The molecule has 3 aromatic rings. The quantitative estimate of drug-likeness (QED) is 0.690. The minimum Gasteiger partial charge on any atom is -0.352 e. The van der Waals surface area contributed by atoms with E-state index in [0.29, 0.717) is 12.0 Å². The first-order chi connectivity index (χ1) is 12.8.